The summed E-state index contributed by atoms with van der Waals surface area (Å²) in [7, 11) is 1.79. The second-order valence-corrected chi connectivity index (χ2v) is 5.00. The zero-order chi connectivity index (χ0) is 14.8. The van der Waals surface area contributed by atoms with Crippen LogP contribution in [0.2, 0.25) is 0 Å². The van der Waals surface area contributed by atoms with Crippen molar-refractivity contribution in [3.63, 3.8) is 0 Å². The minimum Gasteiger partial charge on any atom is -0.490 e. The molecule has 1 unspecified atom stereocenters. The van der Waals surface area contributed by atoms with Gasteiger partial charge in [0.15, 0.2) is 17.3 Å². The van der Waals surface area contributed by atoms with E-state index < -0.39 is 6.04 Å². The number of aryl methyl sites for hydroxylation is 1. The number of benzene rings is 1. The van der Waals surface area contributed by atoms with E-state index in [2.05, 4.69) is 5.10 Å². The lowest BCUT2D eigenvalue weighted by atomic mass is 10.0. The summed E-state index contributed by atoms with van der Waals surface area (Å²) in [6, 6.07) is 4.43. The van der Waals surface area contributed by atoms with Crippen LogP contribution in [0.4, 0.5) is 0 Å². The highest BCUT2D eigenvalue weighted by Crippen LogP contribution is 2.31. The Morgan fingerprint density at radius 1 is 1.33 bits per heavy atom. The number of nitrogens with zero attached hydrogens (tertiary/aromatic N) is 2. The Balaban J connectivity index is 1.86. The molecule has 1 aromatic carbocycles. The molecule has 1 aliphatic heterocycles. The Labute approximate surface area is 122 Å². The number of rotatable bonds is 3. The lowest BCUT2D eigenvalue weighted by Gasteiger charge is -2.11. The Kier molecular flexibility index (Phi) is 3.62. The molecule has 0 aliphatic carbocycles. The zero-order valence-corrected chi connectivity index (χ0v) is 11.8. The van der Waals surface area contributed by atoms with Crippen LogP contribution >= 0.6 is 0 Å². The molecule has 0 radical (unpaired) electrons. The predicted octanol–water partition coefficient (Wildman–Crippen LogP) is 1.46. The second-order valence-electron chi connectivity index (χ2n) is 5.00. The molecule has 1 atom stereocenters. The Morgan fingerprint density at radius 3 is 2.81 bits per heavy atom. The Bertz CT molecular complexity index is 666. The van der Waals surface area contributed by atoms with Crippen LogP contribution < -0.4 is 15.2 Å². The molecule has 0 amide bonds. The fourth-order valence-corrected chi connectivity index (χ4v) is 2.25. The van der Waals surface area contributed by atoms with Crippen LogP contribution in [-0.2, 0) is 7.05 Å². The van der Waals surface area contributed by atoms with Gasteiger partial charge in [-0.15, -0.1) is 0 Å². The molecule has 1 aromatic heterocycles. The summed E-state index contributed by atoms with van der Waals surface area (Å²) in [5.41, 5.74) is 7.22. The number of nitrogens with two attached hydrogens (primary N) is 1. The summed E-state index contributed by atoms with van der Waals surface area (Å²) < 4.78 is 12.8. The van der Waals surface area contributed by atoms with Crippen LogP contribution in [0.1, 0.15) is 28.4 Å². The van der Waals surface area contributed by atoms with Crippen molar-refractivity contribution in [1.82, 2.24) is 9.78 Å². The molecule has 2 aromatic rings. The van der Waals surface area contributed by atoms with Crippen LogP contribution in [0.25, 0.3) is 0 Å². The van der Waals surface area contributed by atoms with E-state index in [4.69, 9.17) is 15.2 Å². The van der Waals surface area contributed by atoms with Crippen molar-refractivity contribution in [3.8, 4) is 11.5 Å². The van der Waals surface area contributed by atoms with Crippen molar-refractivity contribution in [1.29, 1.82) is 0 Å². The van der Waals surface area contributed by atoms with Gasteiger partial charge in [-0.05, 0) is 18.2 Å². The summed E-state index contributed by atoms with van der Waals surface area (Å²) in [5, 5.41) is 4.04. The minimum absolute atomic E-state index is 0.168. The van der Waals surface area contributed by atoms with Gasteiger partial charge in [0.25, 0.3) is 0 Å². The van der Waals surface area contributed by atoms with Crippen molar-refractivity contribution >= 4 is 5.78 Å². The van der Waals surface area contributed by atoms with Gasteiger partial charge in [-0.3, -0.25) is 9.48 Å². The maximum atomic E-state index is 12.5. The molecule has 0 fully saturated rings. The first-order chi connectivity index (χ1) is 10.1. The largest absolute Gasteiger partial charge is 0.490 e. The first kappa shape index (κ1) is 13.6. The van der Waals surface area contributed by atoms with Gasteiger partial charge in [-0.1, -0.05) is 0 Å². The second kappa shape index (κ2) is 5.57. The fraction of sp³-hybridized carbons (Fsp3) is 0.333. The van der Waals surface area contributed by atoms with E-state index in [1.807, 2.05) is 0 Å². The summed E-state index contributed by atoms with van der Waals surface area (Å²) >= 11 is 0. The molecule has 6 heteroatoms. The van der Waals surface area contributed by atoms with Crippen molar-refractivity contribution in [2.75, 3.05) is 13.2 Å². The van der Waals surface area contributed by atoms with E-state index in [1.54, 1.807) is 42.3 Å². The monoisotopic (exact) mass is 287 g/mol. The third-order valence-electron chi connectivity index (χ3n) is 3.40. The summed E-state index contributed by atoms with van der Waals surface area (Å²) in [6.45, 7) is 1.20. The van der Waals surface area contributed by atoms with E-state index >= 15 is 0 Å². The Hall–Kier alpha value is -2.34. The average molecular weight is 287 g/mol. The molecule has 2 N–H and O–H groups in total. The van der Waals surface area contributed by atoms with Crippen LogP contribution in [-0.4, -0.2) is 28.8 Å². The number of hydrogen-bond donors (Lipinski definition) is 1. The van der Waals surface area contributed by atoms with Gasteiger partial charge in [0.05, 0.1) is 25.5 Å². The number of aromatic nitrogens is 2. The van der Waals surface area contributed by atoms with Gasteiger partial charge < -0.3 is 15.2 Å². The van der Waals surface area contributed by atoms with Gasteiger partial charge in [0.1, 0.15) is 0 Å². The predicted molar refractivity (Wildman–Crippen MR) is 76.5 cm³/mol. The molecule has 1 aliphatic rings. The maximum Gasteiger partial charge on any atom is 0.184 e. The molecular formula is C15H17N3O3. The standard InChI is InChI=1S/C15H17N3O3/c1-18-9-11(8-17-18)14(16)15(19)10-3-4-12-13(7-10)21-6-2-5-20-12/h3-4,7-9,14H,2,5-6,16H2,1H3. The normalized spacial score (nSPS) is 15.3. The van der Waals surface area contributed by atoms with E-state index in [0.717, 1.165) is 6.42 Å². The van der Waals surface area contributed by atoms with E-state index in [9.17, 15) is 4.79 Å². The highest BCUT2D eigenvalue weighted by Gasteiger charge is 2.21. The SMILES string of the molecule is Cn1cc(C(N)C(=O)c2ccc3c(c2)OCCCO3)cn1. The number of ether oxygens (including phenoxy) is 2. The number of fused-ring (bicyclic) bond motifs is 1. The van der Waals surface area contributed by atoms with Crippen molar-refractivity contribution in [2.45, 2.75) is 12.5 Å². The third-order valence-corrected chi connectivity index (χ3v) is 3.40. The number of ketones is 1. The average Bonchev–Trinajstić information content (AvgIpc) is 2.79. The van der Waals surface area contributed by atoms with Gasteiger partial charge in [0.2, 0.25) is 0 Å². The molecule has 110 valence electrons. The quantitative estimate of drug-likeness (QED) is 0.865. The lowest BCUT2D eigenvalue weighted by molar-refractivity contribution is 0.0961. The van der Waals surface area contributed by atoms with Gasteiger partial charge in [-0.25, -0.2) is 0 Å². The van der Waals surface area contributed by atoms with Crippen LogP contribution in [0.3, 0.4) is 0 Å². The van der Waals surface area contributed by atoms with Crippen LogP contribution in [0.5, 0.6) is 11.5 Å². The lowest BCUT2D eigenvalue weighted by Crippen LogP contribution is -2.21. The van der Waals surface area contributed by atoms with E-state index in [0.29, 0.717) is 35.8 Å². The summed E-state index contributed by atoms with van der Waals surface area (Å²) in [5.74, 6) is 1.09. The highest BCUT2D eigenvalue weighted by molar-refractivity contribution is 6.01. The number of hydrogen-bond acceptors (Lipinski definition) is 5. The zero-order valence-electron chi connectivity index (χ0n) is 11.8. The molecule has 0 saturated heterocycles. The van der Waals surface area contributed by atoms with Crippen LogP contribution in [0, 0.1) is 0 Å². The smallest absolute Gasteiger partial charge is 0.184 e. The Morgan fingerprint density at radius 2 is 2.10 bits per heavy atom. The molecule has 0 spiro atoms. The van der Waals surface area contributed by atoms with E-state index in [1.165, 1.54) is 0 Å². The molecule has 2 heterocycles. The fourth-order valence-electron chi connectivity index (χ4n) is 2.25. The van der Waals surface area contributed by atoms with Gasteiger partial charge in [-0.2, -0.15) is 5.10 Å². The van der Waals surface area contributed by atoms with Gasteiger partial charge in [0, 0.05) is 30.8 Å². The topological polar surface area (TPSA) is 79.4 Å². The molecular weight excluding hydrogens is 270 g/mol. The number of Topliss-reactive ketones (excluding diaryl/α,β-unsaturated/α-hetero) is 1. The van der Waals surface area contributed by atoms with E-state index in [-0.39, 0.29) is 5.78 Å². The van der Waals surface area contributed by atoms with Crippen LogP contribution in [0.15, 0.2) is 30.6 Å². The summed E-state index contributed by atoms with van der Waals surface area (Å²) in [4.78, 5) is 12.5. The minimum atomic E-state index is -0.733. The highest BCUT2D eigenvalue weighted by atomic mass is 16.5. The molecule has 3 rings (SSSR count). The van der Waals surface area contributed by atoms with Crippen molar-refractivity contribution < 1.29 is 14.3 Å². The van der Waals surface area contributed by atoms with Gasteiger partial charge >= 0.3 is 0 Å². The third kappa shape index (κ3) is 2.75. The molecule has 0 bridgehead atoms. The molecule has 0 saturated carbocycles. The first-order valence-electron chi connectivity index (χ1n) is 6.83. The van der Waals surface area contributed by atoms with Crippen molar-refractivity contribution in [3.05, 3.63) is 41.7 Å². The molecule has 6 nitrogen and oxygen atoms in total. The number of carbonyl (C=O) groups excluding carboxylic acids is 1. The summed E-state index contributed by atoms with van der Waals surface area (Å²) in [6.07, 6.45) is 4.17. The number of carbonyl (C=O) groups is 1. The maximum absolute atomic E-state index is 12.5. The first-order valence-corrected chi connectivity index (χ1v) is 6.83. The van der Waals surface area contributed by atoms with Crippen molar-refractivity contribution in [2.24, 2.45) is 12.8 Å². The molecule has 21 heavy (non-hydrogen) atoms.